The number of hydrogen-bond acceptors (Lipinski definition) is 2. The number of carbonyl (C=O) groups excluding carboxylic acids is 2. The molecule has 0 radical (unpaired) electrons. The fourth-order valence-corrected chi connectivity index (χ4v) is 4.09. The number of likely N-dealkylation sites (tertiary alicyclic amines) is 1. The minimum atomic E-state index is -0.228. The molecule has 1 aromatic carbocycles. The molecule has 2 atom stereocenters. The minimum Gasteiger partial charge on any atom is -0.338 e. The van der Waals surface area contributed by atoms with Crippen LogP contribution in [0.25, 0.3) is 0 Å². The van der Waals surface area contributed by atoms with E-state index in [0.29, 0.717) is 17.2 Å². The van der Waals surface area contributed by atoms with Crippen molar-refractivity contribution in [2.45, 2.75) is 52.0 Å². The zero-order chi connectivity index (χ0) is 17.8. The Morgan fingerprint density at radius 3 is 2.40 bits per heavy atom. The molecule has 1 aromatic rings. The molecule has 2 aliphatic rings. The highest BCUT2D eigenvalue weighted by atomic mass is 16.2. The van der Waals surface area contributed by atoms with E-state index < -0.39 is 0 Å². The van der Waals surface area contributed by atoms with Crippen LogP contribution in [-0.2, 0) is 0 Å². The summed E-state index contributed by atoms with van der Waals surface area (Å²) in [6.45, 7) is 5.60. The van der Waals surface area contributed by atoms with Gasteiger partial charge in [-0.3, -0.25) is 4.79 Å². The van der Waals surface area contributed by atoms with E-state index in [1.54, 1.807) is 24.3 Å². The lowest BCUT2D eigenvalue weighted by atomic mass is 9.75. The summed E-state index contributed by atoms with van der Waals surface area (Å²) in [4.78, 5) is 26.5. The van der Waals surface area contributed by atoms with E-state index in [0.717, 1.165) is 25.4 Å². The molecule has 1 heterocycles. The third-order valence-corrected chi connectivity index (χ3v) is 5.39. The van der Waals surface area contributed by atoms with Crippen molar-refractivity contribution in [1.29, 1.82) is 0 Å². The molecule has 1 unspecified atom stereocenters. The Balaban J connectivity index is 1.58. The first-order valence-electron chi connectivity index (χ1n) is 9.50. The number of carbonyl (C=O) groups is 2. The van der Waals surface area contributed by atoms with Crippen LogP contribution in [0.3, 0.4) is 0 Å². The molecule has 3 rings (SSSR count). The van der Waals surface area contributed by atoms with E-state index in [-0.39, 0.29) is 18.0 Å². The van der Waals surface area contributed by atoms with Crippen LogP contribution >= 0.6 is 0 Å². The third-order valence-electron chi connectivity index (χ3n) is 5.39. The maximum atomic E-state index is 12.8. The lowest BCUT2D eigenvalue weighted by Gasteiger charge is -2.41. The van der Waals surface area contributed by atoms with E-state index >= 15 is 0 Å². The van der Waals surface area contributed by atoms with Gasteiger partial charge >= 0.3 is 6.03 Å². The number of fused-ring (bicyclic) bond motifs is 1. The molecule has 0 aromatic heterocycles. The Hall–Kier alpha value is -2.04. The van der Waals surface area contributed by atoms with E-state index in [2.05, 4.69) is 10.6 Å². The molecule has 1 saturated heterocycles. The Labute approximate surface area is 150 Å². The Kier molecular flexibility index (Phi) is 5.61. The summed E-state index contributed by atoms with van der Waals surface area (Å²) in [5.41, 5.74) is 1.39. The van der Waals surface area contributed by atoms with Gasteiger partial charge in [-0.2, -0.15) is 0 Å². The molecular formula is C20H29N3O2. The van der Waals surface area contributed by atoms with Gasteiger partial charge in [0.2, 0.25) is 0 Å². The Morgan fingerprint density at radius 2 is 1.72 bits per heavy atom. The second kappa shape index (κ2) is 7.89. The summed E-state index contributed by atoms with van der Waals surface area (Å²) in [6.07, 6.45) is 6.41. The summed E-state index contributed by atoms with van der Waals surface area (Å²) in [7, 11) is 0. The molecule has 25 heavy (non-hydrogen) atoms. The van der Waals surface area contributed by atoms with Gasteiger partial charge < -0.3 is 15.5 Å². The molecular weight excluding hydrogens is 314 g/mol. The lowest BCUT2D eigenvalue weighted by molar-refractivity contribution is 0.0521. The molecule has 2 fully saturated rings. The van der Waals surface area contributed by atoms with Crippen molar-refractivity contribution in [3.05, 3.63) is 29.8 Å². The fraction of sp³-hybridized carbons (Fsp3) is 0.600. The topological polar surface area (TPSA) is 61.4 Å². The molecule has 5 heteroatoms. The van der Waals surface area contributed by atoms with Gasteiger partial charge in [0.25, 0.3) is 5.91 Å². The van der Waals surface area contributed by atoms with Crippen LogP contribution in [0.4, 0.5) is 10.5 Å². The number of benzene rings is 1. The number of amides is 3. The summed E-state index contributed by atoms with van der Waals surface area (Å²) in [5, 5.41) is 5.56. The van der Waals surface area contributed by atoms with Crippen molar-refractivity contribution in [3.63, 3.8) is 0 Å². The molecule has 2 N–H and O–H groups in total. The van der Waals surface area contributed by atoms with Crippen molar-refractivity contribution in [2.24, 2.45) is 11.8 Å². The van der Waals surface area contributed by atoms with Crippen LogP contribution < -0.4 is 10.6 Å². The van der Waals surface area contributed by atoms with E-state index in [4.69, 9.17) is 0 Å². The van der Waals surface area contributed by atoms with Crippen molar-refractivity contribution in [2.75, 3.05) is 18.4 Å². The first-order valence-corrected chi connectivity index (χ1v) is 9.50. The Morgan fingerprint density at radius 1 is 1.04 bits per heavy atom. The van der Waals surface area contributed by atoms with E-state index in [1.807, 2.05) is 18.7 Å². The number of urea groups is 1. The van der Waals surface area contributed by atoms with Crippen molar-refractivity contribution in [3.8, 4) is 0 Å². The molecule has 136 valence electrons. The molecule has 1 saturated carbocycles. The number of nitrogens with zero attached hydrogens (tertiary/aromatic N) is 1. The van der Waals surface area contributed by atoms with Crippen molar-refractivity contribution in [1.82, 2.24) is 10.2 Å². The predicted molar refractivity (Wildman–Crippen MR) is 99.7 cm³/mol. The molecule has 0 bridgehead atoms. The van der Waals surface area contributed by atoms with Gasteiger partial charge in [0.05, 0.1) is 0 Å². The van der Waals surface area contributed by atoms with Gasteiger partial charge in [0.15, 0.2) is 0 Å². The van der Waals surface area contributed by atoms with Gasteiger partial charge in [-0.15, -0.1) is 0 Å². The monoisotopic (exact) mass is 343 g/mol. The standard InChI is InChI=1S/C20H29N3O2/c1-14(2)21-20(25)22-18-9-7-16(8-10-18)19(24)23-12-11-15-5-3-4-6-17(15)13-23/h7-10,14-15,17H,3-6,11-13H2,1-2H3,(H2,21,22,25)/t15-,17?/m0/s1. The average Bonchev–Trinajstić information content (AvgIpc) is 2.60. The quantitative estimate of drug-likeness (QED) is 0.875. The lowest BCUT2D eigenvalue weighted by Crippen LogP contribution is -2.44. The largest absolute Gasteiger partial charge is 0.338 e. The second-order valence-corrected chi connectivity index (χ2v) is 7.67. The van der Waals surface area contributed by atoms with E-state index in [1.165, 1.54) is 25.7 Å². The van der Waals surface area contributed by atoms with Crippen LogP contribution in [0.1, 0.15) is 56.3 Å². The maximum absolute atomic E-state index is 12.8. The smallest absolute Gasteiger partial charge is 0.319 e. The van der Waals surface area contributed by atoms with Crippen LogP contribution in [0.5, 0.6) is 0 Å². The molecule has 0 spiro atoms. The van der Waals surface area contributed by atoms with Crippen molar-refractivity contribution >= 4 is 17.6 Å². The highest BCUT2D eigenvalue weighted by Crippen LogP contribution is 2.36. The predicted octanol–water partition coefficient (Wildman–Crippen LogP) is 3.87. The van der Waals surface area contributed by atoms with Crippen LogP contribution in [0.15, 0.2) is 24.3 Å². The maximum Gasteiger partial charge on any atom is 0.319 e. The zero-order valence-electron chi connectivity index (χ0n) is 15.3. The Bertz CT molecular complexity index is 612. The van der Waals surface area contributed by atoms with Gasteiger partial charge in [-0.25, -0.2) is 4.79 Å². The fourth-order valence-electron chi connectivity index (χ4n) is 4.09. The van der Waals surface area contributed by atoms with Gasteiger partial charge in [0, 0.05) is 30.4 Å². The number of nitrogens with one attached hydrogen (secondary N) is 2. The molecule has 5 nitrogen and oxygen atoms in total. The van der Waals surface area contributed by atoms with Crippen LogP contribution in [0.2, 0.25) is 0 Å². The summed E-state index contributed by atoms with van der Waals surface area (Å²) in [5.74, 6) is 1.62. The second-order valence-electron chi connectivity index (χ2n) is 7.67. The first-order chi connectivity index (χ1) is 12.0. The zero-order valence-corrected chi connectivity index (χ0v) is 15.3. The number of hydrogen-bond donors (Lipinski definition) is 2. The molecule has 3 amide bonds. The summed E-state index contributed by atoms with van der Waals surface area (Å²) >= 11 is 0. The van der Waals surface area contributed by atoms with Gasteiger partial charge in [0.1, 0.15) is 0 Å². The number of anilines is 1. The average molecular weight is 343 g/mol. The van der Waals surface area contributed by atoms with Gasteiger partial charge in [-0.1, -0.05) is 19.3 Å². The van der Waals surface area contributed by atoms with Crippen LogP contribution in [0, 0.1) is 11.8 Å². The summed E-state index contributed by atoms with van der Waals surface area (Å²) in [6, 6.07) is 7.05. The molecule has 1 aliphatic carbocycles. The minimum absolute atomic E-state index is 0.0866. The van der Waals surface area contributed by atoms with Crippen LogP contribution in [-0.4, -0.2) is 36.0 Å². The normalized spacial score (nSPS) is 23.1. The first kappa shape index (κ1) is 17.8. The highest BCUT2D eigenvalue weighted by Gasteiger charge is 2.33. The SMILES string of the molecule is CC(C)NC(=O)Nc1ccc(C(=O)N2CC[C@@H]3CCCCC3C2)cc1. The van der Waals surface area contributed by atoms with Crippen molar-refractivity contribution < 1.29 is 9.59 Å². The number of piperidine rings is 1. The van der Waals surface area contributed by atoms with E-state index in [9.17, 15) is 9.59 Å². The third kappa shape index (κ3) is 4.53. The summed E-state index contributed by atoms with van der Waals surface area (Å²) < 4.78 is 0. The number of rotatable bonds is 3. The highest BCUT2D eigenvalue weighted by molar-refractivity contribution is 5.95. The van der Waals surface area contributed by atoms with Gasteiger partial charge in [-0.05, 0) is 62.8 Å². The molecule has 1 aliphatic heterocycles.